The van der Waals surface area contributed by atoms with Gasteiger partial charge < -0.3 is 4.74 Å². The molecule has 0 radical (unpaired) electrons. The number of ether oxygens (including phenoxy) is 1. The van der Waals surface area contributed by atoms with E-state index in [-0.39, 0.29) is 18.9 Å². The van der Waals surface area contributed by atoms with E-state index in [4.69, 9.17) is 4.74 Å². The summed E-state index contributed by atoms with van der Waals surface area (Å²) in [7, 11) is 0. The molecule has 1 amide bonds. The van der Waals surface area contributed by atoms with Crippen molar-refractivity contribution in [3.05, 3.63) is 17.8 Å². The highest BCUT2D eigenvalue weighted by atomic mass is 16.5. The number of aryl methyl sites for hydroxylation is 1. The van der Waals surface area contributed by atoms with Gasteiger partial charge in [-0.3, -0.25) is 14.7 Å². The van der Waals surface area contributed by atoms with Crippen molar-refractivity contribution in [3.8, 4) is 0 Å². The summed E-state index contributed by atoms with van der Waals surface area (Å²) in [5.41, 5.74) is 2.10. The third-order valence-electron chi connectivity index (χ3n) is 5.68. The lowest BCUT2D eigenvalue weighted by molar-refractivity contribution is -0.126. The zero-order valence-corrected chi connectivity index (χ0v) is 16.1. The number of anilines is 1. The third kappa shape index (κ3) is 3.86. The second-order valence-corrected chi connectivity index (χ2v) is 8.72. The normalized spacial score (nSPS) is 24.4. The van der Waals surface area contributed by atoms with Crippen molar-refractivity contribution in [3.63, 3.8) is 0 Å². The van der Waals surface area contributed by atoms with Crippen LogP contribution in [0.3, 0.4) is 0 Å². The van der Waals surface area contributed by atoms with Crippen molar-refractivity contribution < 1.29 is 9.53 Å². The van der Waals surface area contributed by atoms with Crippen molar-refractivity contribution in [2.24, 2.45) is 0 Å². The minimum absolute atomic E-state index is 0. The molecule has 6 nitrogen and oxygen atoms in total. The minimum Gasteiger partial charge on any atom is -0.369 e. The van der Waals surface area contributed by atoms with E-state index < -0.39 is 5.60 Å². The van der Waals surface area contributed by atoms with Crippen LogP contribution in [0.15, 0.2) is 12.1 Å². The number of imidazole rings is 1. The van der Waals surface area contributed by atoms with Crippen molar-refractivity contribution in [2.45, 2.75) is 90.9 Å². The van der Waals surface area contributed by atoms with Crippen LogP contribution in [-0.4, -0.2) is 31.6 Å². The van der Waals surface area contributed by atoms with E-state index in [1.54, 1.807) is 0 Å². The summed E-state index contributed by atoms with van der Waals surface area (Å²) in [6.07, 6.45) is 5.65. The van der Waals surface area contributed by atoms with Gasteiger partial charge >= 0.3 is 0 Å². The Bertz CT molecular complexity index is 853. The van der Waals surface area contributed by atoms with E-state index in [0.29, 0.717) is 18.4 Å². The fourth-order valence-corrected chi connectivity index (χ4v) is 4.11. The molecule has 27 heavy (non-hydrogen) atoms. The fourth-order valence-electron chi connectivity index (χ4n) is 4.11. The number of nitrogens with zero attached hydrogens (tertiary/aromatic N) is 3. The van der Waals surface area contributed by atoms with Crippen molar-refractivity contribution in [2.75, 3.05) is 5.32 Å². The number of amides is 1. The zero-order chi connectivity index (χ0) is 18.5. The van der Waals surface area contributed by atoms with Crippen LogP contribution in [0.1, 0.15) is 78.5 Å². The average molecular weight is 373 g/mol. The quantitative estimate of drug-likeness (QED) is 0.839. The van der Waals surface area contributed by atoms with Crippen LogP contribution in [0.25, 0.3) is 11.2 Å². The molecule has 2 aromatic rings. The van der Waals surface area contributed by atoms with Crippen molar-refractivity contribution in [1.29, 1.82) is 0 Å². The summed E-state index contributed by atoms with van der Waals surface area (Å²) in [4.78, 5) is 22.1. The van der Waals surface area contributed by atoms with E-state index >= 15 is 0 Å². The first-order valence-electron chi connectivity index (χ1n) is 9.60. The molecule has 1 aliphatic heterocycles. The molecule has 1 saturated carbocycles. The predicted molar refractivity (Wildman–Crippen MR) is 108 cm³/mol. The Labute approximate surface area is 161 Å². The summed E-state index contributed by atoms with van der Waals surface area (Å²) in [5, 5.41) is 3.04. The molecule has 4 rings (SSSR count). The van der Waals surface area contributed by atoms with Crippen LogP contribution in [0.4, 0.5) is 5.95 Å². The van der Waals surface area contributed by atoms with Gasteiger partial charge in [-0.2, -0.15) is 0 Å². The number of carbonyl (C=O) groups excluding carboxylic acids is 1. The summed E-state index contributed by atoms with van der Waals surface area (Å²) in [6, 6.07) is 4.32. The Balaban J connectivity index is 0.00000210. The number of nitrogens with one attached hydrogen (secondary N) is 1. The second-order valence-electron chi connectivity index (χ2n) is 8.72. The molecule has 3 heterocycles. The Kier molecular flexibility index (Phi) is 5.06. The zero-order valence-electron chi connectivity index (χ0n) is 16.1. The molecular weight excluding hydrogens is 340 g/mol. The van der Waals surface area contributed by atoms with E-state index in [0.717, 1.165) is 42.5 Å². The van der Waals surface area contributed by atoms with Gasteiger partial charge in [0.15, 0.2) is 5.65 Å². The van der Waals surface area contributed by atoms with Crippen LogP contribution >= 0.6 is 0 Å². The molecule has 2 fully saturated rings. The molecule has 1 saturated heterocycles. The number of fused-ring (bicyclic) bond motifs is 1. The molecule has 0 spiro atoms. The SMILES string of the molecule is C.Cc1ccc2nc(NC(=O)CC3(C)CCC(C)(C)O3)n(C3CCC3)c2n1. The standard InChI is InChI=1S/C20H28N4O2.CH4/c1-13-8-9-15-17(21-13)24(14-6-5-7-14)18(22-15)23-16(25)12-20(4)11-10-19(2,3)26-20;/h8-9,14H,5-7,10-12H2,1-4H3,(H,22,23,25);1H4. The lowest BCUT2D eigenvalue weighted by atomic mass is 9.93. The highest BCUT2D eigenvalue weighted by Gasteiger charge is 2.42. The number of hydrogen-bond acceptors (Lipinski definition) is 4. The van der Waals surface area contributed by atoms with Crippen LogP contribution < -0.4 is 5.32 Å². The monoisotopic (exact) mass is 372 g/mol. The Morgan fingerprint density at radius 2 is 2.00 bits per heavy atom. The van der Waals surface area contributed by atoms with Crippen LogP contribution in [-0.2, 0) is 9.53 Å². The molecule has 1 aliphatic carbocycles. The van der Waals surface area contributed by atoms with Gasteiger partial charge in [0.2, 0.25) is 11.9 Å². The summed E-state index contributed by atoms with van der Waals surface area (Å²) < 4.78 is 8.25. The number of carbonyl (C=O) groups is 1. The summed E-state index contributed by atoms with van der Waals surface area (Å²) in [5.74, 6) is 0.575. The van der Waals surface area contributed by atoms with Gasteiger partial charge in [0.1, 0.15) is 5.52 Å². The van der Waals surface area contributed by atoms with Crippen molar-refractivity contribution >= 4 is 23.0 Å². The van der Waals surface area contributed by atoms with Crippen molar-refractivity contribution in [1.82, 2.24) is 14.5 Å². The van der Waals surface area contributed by atoms with Gasteiger partial charge in [0, 0.05) is 11.7 Å². The van der Waals surface area contributed by atoms with Gasteiger partial charge in [-0.25, -0.2) is 9.97 Å². The molecule has 6 heteroatoms. The van der Waals surface area contributed by atoms with E-state index in [9.17, 15) is 4.79 Å². The Hall–Kier alpha value is -1.95. The summed E-state index contributed by atoms with van der Waals surface area (Å²) in [6.45, 7) is 8.18. The number of aromatic nitrogens is 3. The third-order valence-corrected chi connectivity index (χ3v) is 5.68. The molecule has 148 valence electrons. The molecule has 0 bridgehead atoms. The highest BCUT2D eigenvalue weighted by molar-refractivity contribution is 5.91. The first kappa shape index (κ1) is 19.8. The maximum Gasteiger partial charge on any atom is 0.229 e. The van der Waals surface area contributed by atoms with E-state index in [2.05, 4.69) is 33.7 Å². The first-order valence-corrected chi connectivity index (χ1v) is 9.60. The molecular formula is C21H32N4O2. The summed E-state index contributed by atoms with van der Waals surface area (Å²) >= 11 is 0. The highest BCUT2D eigenvalue weighted by Crippen LogP contribution is 2.40. The largest absolute Gasteiger partial charge is 0.369 e. The number of pyridine rings is 1. The first-order chi connectivity index (χ1) is 12.2. The fraction of sp³-hybridized carbons (Fsp3) is 0.667. The predicted octanol–water partition coefficient (Wildman–Crippen LogP) is 4.78. The lowest BCUT2D eigenvalue weighted by Gasteiger charge is -2.29. The van der Waals surface area contributed by atoms with Crippen LogP contribution in [0, 0.1) is 6.92 Å². The van der Waals surface area contributed by atoms with Gasteiger partial charge in [0.05, 0.1) is 17.6 Å². The van der Waals surface area contributed by atoms with Gasteiger partial charge in [-0.05, 0) is 71.9 Å². The maximum atomic E-state index is 12.7. The molecule has 1 unspecified atom stereocenters. The topological polar surface area (TPSA) is 69.0 Å². The Morgan fingerprint density at radius 1 is 1.26 bits per heavy atom. The number of rotatable bonds is 4. The van der Waals surface area contributed by atoms with Gasteiger partial charge in [-0.1, -0.05) is 7.43 Å². The average Bonchev–Trinajstić information content (AvgIpc) is 2.95. The second kappa shape index (κ2) is 6.89. The Morgan fingerprint density at radius 3 is 2.59 bits per heavy atom. The molecule has 1 atom stereocenters. The molecule has 1 N–H and O–H groups in total. The number of hydrogen-bond donors (Lipinski definition) is 1. The van der Waals surface area contributed by atoms with Crippen LogP contribution in [0.2, 0.25) is 0 Å². The maximum absolute atomic E-state index is 12.7. The van der Waals surface area contributed by atoms with Crippen LogP contribution in [0.5, 0.6) is 0 Å². The van der Waals surface area contributed by atoms with E-state index in [1.807, 2.05) is 26.0 Å². The van der Waals surface area contributed by atoms with E-state index in [1.165, 1.54) is 6.42 Å². The molecule has 2 aliphatic rings. The lowest BCUT2D eigenvalue weighted by Crippen LogP contribution is -2.34. The van der Waals surface area contributed by atoms with Gasteiger partial charge in [-0.15, -0.1) is 0 Å². The smallest absolute Gasteiger partial charge is 0.229 e. The molecule has 0 aromatic carbocycles. The minimum atomic E-state index is -0.407. The molecule has 2 aromatic heterocycles. The van der Waals surface area contributed by atoms with Gasteiger partial charge in [0.25, 0.3) is 0 Å².